The summed E-state index contributed by atoms with van der Waals surface area (Å²) < 4.78 is 15.1. The summed E-state index contributed by atoms with van der Waals surface area (Å²) in [5.41, 5.74) is 10.4. The highest BCUT2D eigenvalue weighted by Gasteiger charge is 2.35. The molecule has 1 aromatic heterocycles. The molecule has 3 aromatic rings. The molecule has 0 fully saturated rings. The van der Waals surface area contributed by atoms with Gasteiger partial charge in [0.1, 0.15) is 5.82 Å². The van der Waals surface area contributed by atoms with Gasteiger partial charge in [0.15, 0.2) is 0 Å². The summed E-state index contributed by atoms with van der Waals surface area (Å²) in [5, 5.41) is 14.3. The average Bonchev–Trinajstić information content (AvgIpc) is 3.08. The molecule has 2 aliphatic rings. The normalized spacial score (nSPS) is 20.3. The van der Waals surface area contributed by atoms with Gasteiger partial charge in [-0.1, -0.05) is 29.5 Å². The van der Waals surface area contributed by atoms with E-state index in [2.05, 4.69) is 38.6 Å². The fourth-order valence-electron chi connectivity index (χ4n) is 3.79. The van der Waals surface area contributed by atoms with Gasteiger partial charge in [-0.05, 0) is 23.8 Å². The van der Waals surface area contributed by atoms with Crippen LogP contribution in [0.1, 0.15) is 23.2 Å². The van der Waals surface area contributed by atoms with Crippen LogP contribution in [-0.4, -0.2) is 15.0 Å². The van der Waals surface area contributed by atoms with Gasteiger partial charge in [-0.15, -0.1) is 5.10 Å². The molecule has 0 aliphatic carbocycles. The Morgan fingerprint density at radius 3 is 2.73 bits per heavy atom. The Hall–Kier alpha value is -3.35. The van der Waals surface area contributed by atoms with Crippen molar-refractivity contribution in [2.45, 2.75) is 12.0 Å². The Balaban J connectivity index is 1.76. The molecule has 2 aliphatic heterocycles. The van der Waals surface area contributed by atoms with E-state index in [-0.39, 0.29) is 17.8 Å². The first-order chi connectivity index (χ1) is 12.7. The molecule has 3 heterocycles. The second-order valence-corrected chi connectivity index (χ2v) is 6.57. The lowest BCUT2D eigenvalue weighted by Gasteiger charge is -2.36. The van der Waals surface area contributed by atoms with Crippen LogP contribution in [0.3, 0.4) is 0 Å². The van der Waals surface area contributed by atoms with E-state index in [9.17, 15) is 4.39 Å². The maximum absolute atomic E-state index is 13.4. The third kappa shape index (κ3) is 2.24. The quantitative estimate of drug-likeness (QED) is 0.641. The van der Waals surface area contributed by atoms with Crippen LogP contribution in [0, 0.1) is 5.82 Å². The molecule has 130 valence electrons. The number of hydrogen-bond donors (Lipinski definition) is 3. The van der Waals surface area contributed by atoms with E-state index in [0.717, 1.165) is 33.1 Å². The standard InChI is InChI=1S/C19H17FN6/c1-26-10-15(23-25-26)17-18(11-5-7-13(20)8-6-11)22-14-4-2-3-12-9-21-24-19(17)16(12)14/h2-10,17-18,21-22,24H,1H3. The molecular formula is C19H17FN6. The second-order valence-electron chi connectivity index (χ2n) is 6.57. The molecular weight excluding hydrogens is 331 g/mol. The van der Waals surface area contributed by atoms with Crippen LogP contribution >= 0.6 is 0 Å². The van der Waals surface area contributed by atoms with Crippen molar-refractivity contribution in [3.8, 4) is 0 Å². The highest BCUT2D eigenvalue weighted by molar-refractivity contribution is 5.69. The third-order valence-corrected chi connectivity index (χ3v) is 4.92. The highest BCUT2D eigenvalue weighted by atomic mass is 19.1. The maximum Gasteiger partial charge on any atom is 0.123 e. The number of benzene rings is 2. The Kier molecular flexibility index (Phi) is 3.21. The van der Waals surface area contributed by atoms with Crippen molar-refractivity contribution in [2.75, 3.05) is 5.32 Å². The molecule has 5 rings (SSSR count). The number of anilines is 1. The van der Waals surface area contributed by atoms with E-state index in [0.29, 0.717) is 0 Å². The fourth-order valence-corrected chi connectivity index (χ4v) is 3.79. The number of nitrogens with zero attached hydrogens (tertiary/aromatic N) is 3. The number of rotatable bonds is 2. The molecule has 3 N–H and O–H groups in total. The van der Waals surface area contributed by atoms with E-state index < -0.39 is 0 Å². The summed E-state index contributed by atoms with van der Waals surface area (Å²) in [6.07, 6.45) is 3.86. The molecule has 0 saturated heterocycles. The Morgan fingerprint density at radius 1 is 1.12 bits per heavy atom. The van der Waals surface area contributed by atoms with Crippen LogP contribution < -0.4 is 26.6 Å². The molecule has 0 radical (unpaired) electrons. The van der Waals surface area contributed by atoms with Crippen LogP contribution in [0.25, 0.3) is 11.9 Å². The van der Waals surface area contributed by atoms with Crippen LogP contribution in [0.2, 0.25) is 0 Å². The summed E-state index contributed by atoms with van der Waals surface area (Å²) in [6.45, 7) is 0. The predicted octanol–water partition coefficient (Wildman–Crippen LogP) is 0.859. The summed E-state index contributed by atoms with van der Waals surface area (Å²) in [6, 6.07) is 12.7. The minimum Gasteiger partial charge on any atom is -0.377 e. The van der Waals surface area contributed by atoms with Gasteiger partial charge >= 0.3 is 0 Å². The number of nitrogens with one attached hydrogen (secondary N) is 3. The first-order valence-corrected chi connectivity index (χ1v) is 8.44. The summed E-state index contributed by atoms with van der Waals surface area (Å²) >= 11 is 0. The number of aromatic nitrogens is 3. The van der Waals surface area contributed by atoms with E-state index in [1.54, 1.807) is 4.68 Å². The van der Waals surface area contributed by atoms with Crippen molar-refractivity contribution in [3.63, 3.8) is 0 Å². The largest absolute Gasteiger partial charge is 0.377 e. The predicted molar refractivity (Wildman–Crippen MR) is 96.3 cm³/mol. The van der Waals surface area contributed by atoms with Gasteiger partial charge in [-0.25, -0.2) is 4.39 Å². The smallest absolute Gasteiger partial charge is 0.123 e. The second kappa shape index (κ2) is 5.59. The van der Waals surface area contributed by atoms with Crippen molar-refractivity contribution < 1.29 is 4.39 Å². The molecule has 0 saturated carbocycles. The number of hydrogen-bond acceptors (Lipinski definition) is 5. The first-order valence-electron chi connectivity index (χ1n) is 8.44. The van der Waals surface area contributed by atoms with Crippen LogP contribution in [0.15, 0.2) is 48.7 Å². The highest BCUT2D eigenvalue weighted by Crippen LogP contribution is 2.39. The molecule has 7 heteroatoms. The van der Waals surface area contributed by atoms with Crippen molar-refractivity contribution in [1.29, 1.82) is 0 Å². The molecule has 6 nitrogen and oxygen atoms in total. The van der Waals surface area contributed by atoms with Gasteiger partial charge in [0.05, 0.1) is 23.4 Å². The Labute approximate surface area is 149 Å². The van der Waals surface area contributed by atoms with Gasteiger partial charge in [0, 0.05) is 35.6 Å². The summed E-state index contributed by atoms with van der Waals surface area (Å²) in [7, 11) is 1.85. The molecule has 2 unspecified atom stereocenters. The van der Waals surface area contributed by atoms with E-state index in [1.165, 1.54) is 12.1 Å². The monoisotopic (exact) mass is 348 g/mol. The fraction of sp³-hybridized carbons (Fsp3) is 0.158. The zero-order chi connectivity index (χ0) is 17.7. The van der Waals surface area contributed by atoms with Gasteiger partial charge in [0.2, 0.25) is 0 Å². The lowest BCUT2D eigenvalue weighted by atomic mass is 9.83. The van der Waals surface area contributed by atoms with E-state index >= 15 is 0 Å². The van der Waals surface area contributed by atoms with Crippen molar-refractivity contribution in [3.05, 3.63) is 76.2 Å². The molecule has 26 heavy (non-hydrogen) atoms. The van der Waals surface area contributed by atoms with Crippen LogP contribution in [0.5, 0.6) is 0 Å². The van der Waals surface area contributed by atoms with Gasteiger partial charge < -0.3 is 16.2 Å². The van der Waals surface area contributed by atoms with E-state index in [1.807, 2.05) is 37.6 Å². The minimum atomic E-state index is -0.247. The summed E-state index contributed by atoms with van der Waals surface area (Å²) in [4.78, 5) is 0. The molecule has 0 amide bonds. The number of halogens is 1. The maximum atomic E-state index is 13.4. The molecule has 0 spiro atoms. The zero-order valence-corrected chi connectivity index (χ0v) is 14.1. The van der Waals surface area contributed by atoms with Gasteiger partial charge in [0.25, 0.3) is 0 Å². The van der Waals surface area contributed by atoms with Crippen LogP contribution in [0.4, 0.5) is 10.1 Å². The van der Waals surface area contributed by atoms with Crippen molar-refractivity contribution in [1.82, 2.24) is 25.8 Å². The van der Waals surface area contributed by atoms with Gasteiger partial charge in [-0.3, -0.25) is 4.68 Å². The first kappa shape index (κ1) is 14.9. The van der Waals surface area contributed by atoms with Crippen molar-refractivity contribution in [2.24, 2.45) is 7.05 Å². The number of aryl methyl sites for hydroxylation is 1. The van der Waals surface area contributed by atoms with Crippen molar-refractivity contribution >= 4 is 17.6 Å². The van der Waals surface area contributed by atoms with E-state index in [4.69, 9.17) is 0 Å². The average molecular weight is 348 g/mol. The van der Waals surface area contributed by atoms with Gasteiger partial charge in [-0.2, -0.15) is 0 Å². The third-order valence-electron chi connectivity index (χ3n) is 4.92. The van der Waals surface area contributed by atoms with Crippen LogP contribution in [-0.2, 0) is 7.05 Å². The molecule has 2 aromatic carbocycles. The Bertz CT molecular complexity index is 1100. The number of hydrazine groups is 1. The minimum absolute atomic E-state index is 0.0935. The lowest BCUT2D eigenvalue weighted by molar-refractivity contribution is 0.607. The SMILES string of the molecule is Cn1cc(C2C3=c4c(cccc4=CNN3)NC2c2ccc(F)cc2)nn1. The Morgan fingerprint density at radius 2 is 1.96 bits per heavy atom. The lowest BCUT2D eigenvalue weighted by Crippen LogP contribution is -2.50. The zero-order valence-electron chi connectivity index (χ0n) is 14.1. The molecule has 2 atom stereocenters. The summed E-state index contributed by atoms with van der Waals surface area (Å²) in [5.74, 6) is -0.341. The molecule has 0 bridgehead atoms. The topological polar surface area (TPSA) is 66.8 Å².